The molecule has 3 heterocycles. The van der Waals surface area contributed by atoms with Gasteiger partial charge in [0.05, 0.1) is 23.4 Å². The van der Waals surface area contributed by atoms with Crippen LogP contribution in [0.3, 0.4) is 0 Å². The van der Waals surface area contributed by atoms with E-state index < -0.39 is 5.97 Å². The third-order valence-electron chi connectivity index (χ3n) is 5.59. The van der Waals surface area contributed by atoms with Crippen LogP contribution in [0.5, 0.6) is 0 Å². The van der Waals surface area contributed by atoms with Crippen molar-refractivity contribution in [3.05, 3.63) is 57.9 Å². The lowest BCUT2D eigenvalue weighted by molar-refractivity contribution is -0.120. The predicted molar refractivity (Wildman–Crippen MR) is 121 cm³/mol. The maximum absolute atomic E-state index is 13.4. The second-order valence-electron chi connectivity index (χ2n) is 7.73. The van der Waals surface area contributed by atoms with Crippen molar-refractivity contribution in [3.8, 4) is 0 Å². The molecule has 2 aromatic rings. The van der Waals surface area contributed by atoms with Gasteiger partial charge in [0.15, 0.2) is 0 Å². The third-order valence-corrected chi connectivity index (χ3v) is 6.48. The Labute approximate surface area is 186 Å². The van der Waals surface area contributed by atoms with Gasteiger partial charge in [-0.05, 0) is 61.4 Å². The fraction of sp³-hybridized carbons (Fsp3) is 0.375. The van der Waals surface area contributed by atoms with Crippen LogP contribution < -0.4 is 4.90 Å². The van der Waals surface area contributed by atoms with Gasteiger partial charge in [-0.1, -0.05) is 19.4 Å². The number of amides is 2. The minimum Gasteiger partial charge on any atom is -0.462 e. The summed E-state index contributed by atoms with van der Waals surface area (Å²) < 4.78 is 5.24. The summed E-state index contributed by atoms with van der Waals surface area (Å²) in [5.74, 6) is -1.01. The van der Waals surface area contributed by atoms with E-state index in [4.69, 9.17) is 4.74 Å². The van der Waals surface area contributed by atoms with Gasteiger partial charge in [-0.2, -0.15) is 0 Å². The van der Waals surface area contributed by atoms with Crippen LogP contribution in [-0.2, 0) is 14.3 Å². The van der Waals surface area contributed by atoms with E-state index in [-0.39, 0.29) is 11.8 Å². The molecule has 4 rings (SSSR count). The monoisotopic (exact) mass is 438 g/mol. The highest BCUT2D eigenvalue weighted by atomic mass is 32.1. The lowest BCUT2D eigenvalue weighted by Crippen LogP contribution is -2.37. The zero-order valence-corrected chi connectivity index (χ0v) is 18.5. The van der Waals surface area contributed by atoms with Crippen molar-refractivity contribution in [2.45, 2.75) is 39.0 Å². The van der Waals surface area contributed by atoms with E-state index in [1.54, 1.807) is 24.3 Å². The maximum atomic E-state index is 13.4. The quantitative estimate of drug-likeness (QED) is 0.362. The molecular weight excluding hydrogens is 412 g/mol. The third kappa shape index (κ3) is 4.28. The molecule has 1 saturated heterocycles. The number of nitrogens with zero attached hydrogens (tertiary/aromatic N) is 2. The van der Waals surface area contributed by atoms with Crippen LogP contribution in [0.2, 0.25) is 0 Å². The van der Waals surface area contributed by atoms with Gasteiger partial charge in [0.1, 0.15) is 5.70 Å². The Balaban J connectivity index is 1.61. The maximum Gasteiger partial charge on any atom is 0.338 e. The molecule has 0 saturated carbocycles. The first-order valence-electron chi connectivity index (χ1n) is 10.8. The fourth-order valence-corrected chi connectivity index (χ4v) is 4.71. The van der Waals surface area contributed by atoms with E-state index in [0.717, 1.165) is 50.1 Å². The summed E-state index contributed by atoms with van der Waals surface area (Å²) >= 11 is 1.46. The molecule has 2 aliphatic rings. The molecule has 2 amide bonds. The molecule has 7 heteroatoms. The number of rotatable bonds is 7. The summed E-state index contributed by atoms with van der Waals surface area (Å²) in [6.45, 7) is 3.97. The van der Waals surface area contributed by atoms with Crippen LogP contribution in [0.15, 0.2) is 47.5 Å². The van der Waals surface area contributed by atoms with Crippen molar-refractivity contribution in [1.82, 2.24) is 4.90 Å². The van der Waals surface area contributed by atoms with Gasteiger partial charge in [-0.3, -0.25) is 9.59 Å². The highest BCUT2D eigenvalue weighted by molar-refractivity contribution is 7.11. The lowest BCUT2D eigenvalue weighted by atomic mass is 10.1. The van der Waals surface area contributed by atoms with E-state index >= 15 is 0 Å². The zero-order valence-electron chi connectivity index (χ0n) is 17.6. The number of benzene rings is 1. The average Bonchev–Trinajstić information content (AvgIpc) is 3.40. The number of ether oxygens (including phenoxy) is 1. The molecule has 2 aliphatic heterocycles. The zero-order chi connectivity index (χ0) is 21.8. The predicted octanol–water partition coefficient (Wildman–Crippen LogP) is 4.48. The molecule has 0 atom stereocenters. The van der Waals surface area contributed by atoms with Crippen LogP contribution in [0.25, 0.3) is 5.57 Å². The first-order valence-corrected chi connectivity index (χ1v) is 11.7. The summed E-state index contributed by atoms with van der Waals surface area (Å²) in [4.78, 5) is 43.1. The number of thiophene rings is 1. The Morgan fingerprint density at radius 2 is 1.77 bits per heavy atom. The molecule has 0 unspecified atom stereocenters. The van der Waals surface area contributed by atoms with Crippen LogP contribution in [0.4, 0.5) is 5.69 Å². The van der Waals surface area contributed by atoms with Crippen molar-refractivity contribution in [2.24, 2.45) is 0 Å². The lowest BCUT2D eigenvalue weighted by Gasteiger charge is -2.29. The van der Waals surface area contributed by atoms with Crippen LogP contribution in [0.1, 0.15) is 54.3 Å². The summed E-state index contributed by atoms with van der Waals surface area (Å²) in [6.07, 6.45) is 4.93. The highest BCUT2D eigenvalue weighted by Crippen LogP contribution is 2.37. The van der Waals surface area contributed by atoms with Gasteiger partial charge < -0.3 is 9.64 Å². The Bertz CT molecular complexity index is 989. The topological polar surface area (TPSA) is 66.9 Å². The second-order valence-corrected chi connectivity index (χ2v) is 8.68. The SMILES string of the molecule is CCCCOC(=O)c1ccc(N2C(=O)C(c3cccs3)=C(N3CCCCC3)C2=O)cc1. The van der Waals surface area contributed by atoms with Crippen LogP contribution >= 0.6 is 11.3 Å². The van der Waals surface area contributed by atoms with Gasteiger partial charge in [0, 0.05) is 18.0 Å². The number of hydrogen-bond acceptors (Lipinski definition) is 6. The van der Waals surface area contributed by atoms with Gasteiger partial charge in [0.25, 0.3) is 11.8 Å². The van der Waals surface area contributed by atoms with Gasteiger partial charge in [-0.15, -0.1) is 11.3 Å². The number of piperidine rings is 1. The van der Waals surface area contributed by atoms with Crippen molar-refractivity contribution < 1.29 is 19.1 Å². The number of hydrogen-bond donors (Lipinski definition) is 0. The van der Waals surface area contributed by atoms with Crippen LogP contribution in [-0.4, -0.2) is 42.4 Å². The summed E-state index contributed by atoms with van der Waals surface area (Å²) in [5, 5.41) is 1.91. The number of esters is 1. The number of anilines is 1. The minimum atomic E-state index is -0.398. The summed E-state index contributed by atoms with van der Waals surface area (Å²) in [7, 11) is 0. The molecule has 0 N–H and O–H groups in total. The molecule has 31 heavy (non-hydrogen) atoms. The minimum absolute atomic E-state index is 0.298. The number of unbranched alkanes of at least 4 members (excludes halogenated alkanes) is 1. The standard InChI is InChI=1S/C24H26N2O4S/c1-2-3-15-30-24(29)17-9-11-18(12-10-17)26-22(27)20(19-8-7-16-31-19)21(23(26)28)25-13-5-4-6-14-25/h7-12,16H,2-6,13-15H2,1H3. The largest absolute Gasteiger partial charge is 0.462 e. The normalized spacial score (nSPS) is 16.9. The smallest absolute Gasteiger partial charge is 0.338 e. The number of likely N-dealkylation sites (tertiary alicyclic amines) is 1. The average molecular weight is 439 g/mol. The molecule has 0 bridgehead atoms. The first kappa shape index (κ1) is 21.3. The Hall–Kier alpha value is -2.93. The molecule has 162 valence electrons. The summed E-state index contributed by atoms with van der Waals surface area (Å²) in [5.41, 5.74) is 1.84. The molecule has 1 aromatic carbocycles. The second kappa shape index (κ2) is 9.47. The van der Waals surface area contributed by atoms with E-state index in [0.29, 0.717) is 29.1 Å². The molecular formula is C24H26N2O4S. The highest BCUT2D eigenvalue weighted by Gasteiger charge is 2.43. The van der Waals surface area contributed by atoms with Crippen molar-refractivity contribution in [2.75, 3.05) is 24.6 Å². The Morgan fingerprint density at radius 3 is 2.42 bits per heavy atom. The molecule has 1 fully saturated rings. The van der Waals surface area contributed by atoms with Crippen molar-refractivity contribution in [1.29, 1.82) is 0 Å². The molecule has 0 aliphatic carbocycles. The number of carbonyl (C=O) groups is 3. The van der Waals surface area contributed by atoms with Gasteiger partial charge >= 0.3 is 5.97 Å². The Kier molecular flexibility index (Phi) is 6.51. The van der Waals surface area contributed by atoms with E-state index in [9.17, 15) is 14.4 Å². The van der Waals surface area contributed by atoms with E-state index in [1.165, 1.54) is 16.2 Å². The van der Waals surface area contributed by atoms with Gasteiger partial charge in [-0.25, -0.2) is 9.69 Å². The summed E-state index contributed by atoms with van der Waals surface area (Å²) in [6, 6.07) is 10.3. The first-order chi connectivity index (χ1) is 15.1. The molecule has 6 nitrogen and oxygen atoms in total. The molecule has 0 spiro atoms. The molecule has 1 aromatic heterocycles. The number of carbonyl (C=O) groups excluding carboxylic acids is 3. The molecule has 0 radical (unpaired) electrons. The van der Waals surface area contributed by atoms with Gasteiger partial charge in [0.2, 0.25) is 0 Å². The van der Waals surface area contributed by atoms with Crippen molar-refractivity contribution >= 4 is 40.4 Å². The fourth-order valence-electron chi connectivity index (χ4n) is 3.95. The van der Waals surface area contributed by atoms with E-state index in [2.05, 4.69) is 4.90 Å². The van der Waals surface area contributed by atoms with Crippen molar-refractivity contribution in [3.63, 3.8) is 0 Å². The Morgan fingerprint density at radius 1 is 1.03 bits per heavy atom. The van der Waals surface area contributed by atoms with E-state index in [1.807, 2.05) is 24.4 Å². The number of imide groups is 1. The van der Waals surface area contributed by atoms with Crippen LogP contribution in [0, 0.1) is 0 Å².